The second kappa shape index (κ2) is 12.4. The van der Waals surface area contributed by atoms with E-state index in [1.54, 1.807) is 6.07 Å². The van der Waals surface area contributed by atoms with Crippen molar-refractivity contribution in [1.82, 2.24) is 10.2 Å². The van der Waals surface area contributed by atoms with Crippen LogP contribution in [0.5, 0.6) is 0 Å². The first-order valence-corrected chi connectivity index (χ1v) is 12.2. The number of rotatable bonds is 10. The summed E-state index contributed by atoms with van der Waals surface area (Å²) >= 11 is 0. The molecule has 2 aromatic rings. The maximum Gasteiger partial charge on any atom is 0.327 e. The quantitative estimate of drug-likeness (QED) is 0.474. The summed E-state index contributed by atoms with van der Waals surface area (Å²) in [6.45, 7) is 3.86. The first kappa shape index (κ1) is 25.5. The maximum atomic E-state index is 13.1. The molecule has 5 nitrogen and oxygen atoms in total. The Balaban J connectivity index is 1.81. The Morgan fingerprint density at radius 1 is 1.15 bits per heavy atom. The van der Waals surface area contributed by atoms with Crippen molar-refractivity contribution >= 4 is 11.9 Å². The molecule has 1 saturated carbocycles. The van der Waals surface area contributed by atoms with E-state index in [0.29, 0.717) is 5.56 Å². The summed E-state index contributed by atoms with van der Waals surface area (Å²) in [6.07, 6.45) is 13.3. The Kier molecular flexibility index (Phi) is 9.30. The molecule has 0 spiro atoms. The number of benzene rings is 2. The Hall–Kier alpha value is -3.10. The van der Waals surface area contributed by atoms with Crippen molar-refractivity contribution in [2.24, 2.45) is 5.92 Å². The van der Waals surface area contributed by atoms with Gasteiger partial charge in [-0.3, -0.25) is 4.79 Å². The monoisotopic (exact) mass is 460 g/mol. The highest BCUT2D eigenvalue weighted by atomic mass is 16.4. The SMILES string of the molecule is C#CC[C@@H](NC(=O)c1ccc(CN(C)CCC2CCCCC2)cc1-c1ccccc1C)C(=O)O. The summed E-state index contributed by atoms with van der Waals surface area (Å²) in [7, 11) is 2.15. The molecule has 1 amide bonds. The largest absolute Gasteiger partial charge is 0.480 e. The third kappa shape index (κ3) is 6.95. The fourth-order valence-corrected chi connectivity index (χ4v) is 4.81. The minimum atomic E-state index is -1.14. The predicted octanol–water partition coefficient (Wildman–Crippen LogP) is 5.27. The summed E-state index contributed by atoms with van der Waals surface area (Å²) in [5, 5.41) is 12.0. The van der Waals surface area contributed by atoms with Crippen molar-refractivity contribution in [3.8, 4) is 23.5 Å². The molecule has 5 heteroatoms. The molecular formula is C29H36N2O3. The average molecular weight is 461 g/mol. The average Bonchev–Trinajstić information content (AvgIpc) is 2.83. The van der Waals surface area contributed by atoms with Crippen LogP contribution in [0.25, 0.3) is 11.1 Å². The lowest BCUT2D eigenvalue weighted by Crippen LogP contribution is -2.40. The van der Waals surface area contributed by atoms with E-state index in [1.165, 1.54) is 38.5 Å². The molecule has 34 heavy (non-hydrogen) atoms. The van der Waals surface area contributed by atoms with Gasteiger partial charge in [0.25, 0.3) is 5.91 Å². The van der Waals surface area contributed by atoms with Gasteiger partial charge in [-0.2, -0.15) is 0 Å². The molecule has 0 radical (unpaired) electrons. The maximum absolute atomic E-state index is 13.1. The second-order valence-electron chi connectivity index (χ2n) is 9.50. The highest BCUT2D eigenvalue weighted by Gasteiger charge is 2.22. The zero-order chi connectivity index (χ0) is 24.5. The highest BCUT2D eigenvalue weighted by molar-refractivity contribution is 6.02. The third-order valence-corrected chi connectivity index (χ3v) is 6.79. The van der Waals surface area contributed by atoms with E-state index in [4.69, 9.17) is 6.42 Å². The molecule has 0 heterocycles. The van der Waals surface area contributed by atoms with Crippen LogP contribution in [0.1, 0.15) is 66.4 Å². The smallest absolute Gasteiger partial charge is 0.327 e. The van der Waals surface area contributed by atoms with E-state index in [1.807, 2.05) is 37.3 Å². The fraction of sp³-hybridized carbons (Fsp3) is 0.448. The predicted molar refractivity (Wildman–Crippen MR) is 136 cm³/mol. The van der Waals surface area contributed by atoms with Crippen molar-refractivity contribution in [2.75, 3.05) is 13.6 Å². The number of carboxylic acids is 1. The van der Waals surface area contributed by atoms with Crippen LogP contribution in [0.2, 0.25) is 0 Å². The Morgan fingerprint density at radius 2 is 1.88 bits per heavy atom. The molecule has 1 aliphatic rings. The Bertz CT molecular complexity index is 1030. The molecule has 0 aliphatic heterocycles. The van der Waals surface area contributed by atoms with Crippen LogP contribution in [0.4, 0.5) is 0 Å². The van der Waals surface area contributed by atoms with E-state index in [2.05, 4.69) is 29.3 Å². The first-order chi connectivity index (χ1) is 16.4. The molecule has 180 valence electrons. The van der Waals surface area contributed by atoms with Gasteiger partial charge in [0.05, 0.1) is 0 Å². The molecule has 2 N–H and O–H groups in total. The normalized spacial score (nSPS) is 15.0. The minimum Gasteiger partial charge on any atom is -0.480 e. The van der Waals surface area contributed by atoms with E-state index < -0.39 is 17.9 Å². The lowest BCUT2D eigenvalue weighted by molar-refractivity contribution is -0.139. The van der Waals surface area contributed by atoms with Gasteiger partial charge in [0.2, 0.25) is 0 Å². The number of aryl methyl sites for hydroxylation is 1. The fourth-order valence-electron chi connectivity index (χ4n) is 4.81. The second-order valence-corrected chi connectivity index (χ2v) is 9.50. The third-order valence-electron chi connectivity index (χ3n) is 6.79. The highest BCUT2D eigenvalue weighted by Crippen LogP contribution is 2.29. The molecule has 2 aromatic carbocycles. The number of aliphatic carboxylic acids is 1. The van der Waals surface area contributed by atoms with Crippen LogP contribution >= 0.6 is 0 Å². The van der Waals surface area contributed by atoms with E-state index in [-0.39, 0.29) is 6.42 Å². The van der Waals surface area contributed by atoms with Gasteiger partial charge in [-0.15, -0.1) is 12.3 Å². The molecule has 0 aromatic heterocycles. The number of carbonyl (C=O) groups is 2. The molecule has 0 bridgehead atoms. The number of carboxylic acid groups (broad SMARTS) is 1. The Morgan fingerprint density at radius 3 is 2.56 bits per heavy atom. The van der Waals surface area contributed by atoms with Crippen LogP contribution in [0, 0.1) is 25.2 Å². The minimum absolute atomic E-state index is 0.0648. The van der Waals surface area contributed by atoms with Crippen LogP contribution in [-0.4, -0.2) is 41.5 Å². The number of terminal acetylenes is 1. The molecule has 3 rings (SSSR count). The van der Waals surface area contributed by atoms with Crippen molar-refractivity contribution < 1.29 is 14.7 Å². The molecular weight excluding hydrogens is 424 g/mol. The number of hydrogen-bond acceptors (Lipinski definition) is 3. The summed E-state index contributed by atoms with van der Waals surface area (Å²) < 4.78 is 0. The molecule has 0 unspecified atom stereocenters. The number of nitrogens with one attached hydrogen (secondary N) is 1. The van der Waals surface area contributed by atoms with E-state index in [0.717, 1.165) is 41.3 Å². The molecule has 1 atom stereocenters. The number of amides is 1. The van der Waals surface area contributed by atoms with Gasteiger partial charge in [-0.05, 0) is 67.2 Å². The topological polar surface area (TPSA) is 69.6 Å². The van der Waals surface area contributed by atoms with Crippen molar-refractivity contribution in [3.05, 3.63) is 59.2 Å². The zero-order valence-corrected chi connectivity index (χ0v) is 20.3. The molecule has 1 fully saturated rings. The van der Waals surface area contributed by atoms with Gasteiger partial charge in [0.1, 0.15) is 6.04 Å². The summed E-state index contributed by atoms with van der Waals surface area (Å²) in [6, 6.07) is 12.6. The number of nitrogens with zero attached hydrogens (tertiary/aromatic N) is 1. The summed E-state index contributed by atoms with van der Waals surface area (Å²) in [4.78, 5) is 26.9. The Labute approximate surface area is 203 Å². The van der Waals surface area contributed by atoms with Crippen molar-refractivity contribution in [2.45, 2.75) is 64.5 Å². The zero-order valence-electron chi connectivity index (χ0n) is 20.3. The van der Waals surface area contributed by atoms with Gasteiger partial charge < -0.3 is 15.3 Å². The molecule has 1 aliphatic carbocycles. The standard InChI is InChI=1S/C29H36N2O3/c1-4-10-27(29(33)34)30-28(32)25-16-15-23(19-26(25)24-14-9-8-11-21(24)2)20-31(3)18-17-22-12-6-5-7-13-22/h1,8-9,11,14-16,19,22,27H,5-7,10,12-13,17-18,20H2,2-3H3,(H,30,32)(H,33,34)/t27-/m1/s1. The van der Waals surface area contributed by atoms with Crippen LogP contribution in [-0.2, 0) is 11.3 Å². The van der Waals surface area contributed by atoms with Gasteiger partial charge in [0.15, 0.2) is 0 Å². The number of hydrogen-bond donors (Lipinski definition) is 2. The summed E-state index contributed by atoms with van der Waals surface area (Å²) in [5.74, 6) is 1.60. The van der Waals surface area contributed by atoms with Crippen LogP contribution < -0.4 is 5.32 Å². The lowest BCUT2D eigenvalue weighted by Gasteiger charge is -2.25. The van der Waals surface area contributed by atoms with Gasteiger partial charge in [-0.1, -0.05) is 62.4 Å². The van der Waals surface area contributed by atoms with Gasteiger partial charge in [0, 0.05) is 18.5 Å². The number of carbonyl (C=O) groups excluding carboxylic acids is 1. The van der Waals surface area contributed by atoms with Crippen molar-refractivity contribution in [3.63, 3.8) is 0 Å². The van der Waals surface area contributed by atoms with E-state index in [9.17, 15) is 14.7 Å². The van der Waals surface area contributed by atoms with Crippen LogP contribution in [0.15, 0.2) is 42.5 Å². The van der Waals surface area contributed by atoms with Gasteiger partial charge in [-0.25, -0.2) is 4.79 Å². The van der Waals surface area contributed by atoms with E-state index >= 15 is 0 Å². The first-order valence-electron chi connectivity index (χ1n) is 12.2. The summed E-state index contributed by atoms with van der Waals surface area (Å²) in [5.41, 5.74) is 4.39. The lowest BCUT2D eigenvalue weighted by atomic mass is 9.87. The van der Waals surface area contributed by atoms with Gasteiger partial charge >= 0.3 is 5.97 Å². The van der Waals surface area contributed by atoms with Crippen LogP contribution in [0.3, 0.4) is 0 Å². The van der Waals surface area contributed by atoms with Crippen molar-refractivity contribution in [1.29, 1.82) is 0 Å². The molecule has 0 saturated heterocycles.